The SMILES string of the molecule is CN1C/C=C\CCC(=O)N[C@H](c2ccccc2)COC1=O. The molecule has 1 aromatic carbocycles. The summed E-state index contributed by atoms with van der Waals surface area (Å²) in [6, 6.07) is 9.20. The molecule has 1 heterocycles. The second-order valence-corrected chi connectivity index (χ2v) is 5.00. The average molecular weight is 288 g/mol. The van der Waals surface area contributed by atoms with Gasteiger partial charge >= 0.3 is 6.09 Å². The molecule has 0 aromatic heterocycles. The maximum absolute atomic E-state index is 11.9. The van der Waals surface area contributed by atoms with E-state index in [-0.39, 0.29) is 18.6 Å². The van der Waals surface area contributed by atoms with Crippen LogP contribution < -0.4 is 5.32 Å². The van der Waals surface area contributed by atoms with Gasteiger partial charge in [-0.1, -0.05) is 42.5 Å². The van der Waals surface area contributed by atoms with Crippen molar-refractivity contribution in [3.05, 3.63) is 48.0 Å². The van der Waals surface area contributed by atoms with Crippen molar-refractivity contribution in [1.82, 2.24) is 10.2 Å². The Labute approximate surface area is 124 Å². The van der Waals surface area contributed by atoms with E-state index in [1.807, 2.05) is 42.5 Å². The number of benzene rings is 1. The summed E-state index contributed by atoms with van der Waals surface area (Å²) in [7, 11) is 1.69. The molecule has 0 fully saturated rings. The van der Waals surface area contributed by atoms with Gasteiger partial charge in [0.15, 0.2) is 0 Å². The molecule has 1 N–H and O–H groups in total. The van der Waals surface area contributed by atoms with Gasteiger partial charge < -0.3 is 15.0 Å². The molecule has 21 heavy (non-hydrogen) atoms. The summed E-state index contributed by atoms with van der Waals surface area (Å²) in [6.07, 6.45) is 4.47. The van der Waals surface area contributed by atoms with Crippen LogP contribution in [0.25, 0.3) is 0 Å². The lowest BCUT2D eigenvalue weighted by molar-refractivity contribution is -0.122. The third-order valence-electron chi connectivity index (χ3n) is 3.31. The summed E-state index contributed by atoms with van der Waals surface area (Å²) in [5.41, 5.74) is 0.925. The number of allylic oxidation sites excluding steroid dienone is 1. The first-order valence-corrected chi connectivity index (χ1v) is 7.04. The van der Waals surface area contributed by atoms with E-state index >= 15 is 0 Å². The Bertz CT molecular complexity index is 514. The summed E-state index contributed by atoms with van der Waals surface area (Å²) in [4.78, 5) is 25.3. The van der Waals surface area contributed by atoms with E-state index in [2.05, 4.69) is 5.32 Å². The normalized spacial score (nSPS) is 22.5. The van der Waals surface area contributed by atoms with Crippen LogP contribution in [0.5, 0.6) is 0 Å². The van der Waals surface area contributed by atoms with Crippen LogP contribution in [-0.4, -0.2) is 37.1 Å². The molecule has 112 valence electrons. The lowest BCUT2D eigenvalue weighted by Crippen LogP contribution is -2.35. The maximum Gasteiger partial charge on any atom is 0.409 e. The Morgan fingerprint density at radius 3 is 2.71 bits per heavy atom. The molecule has 1 atom stereocenters. The molecule has 0 saturated carbocycles. The minimum Gasteiger partial charge on any atom is -0.447 e. The molecule has 5 heteroatoms. The standard InChI is InChI=1S/C16H20N2O3/c1-18-11-7-3-6-10-15(19)17-14(12-21-16(18)20)13-8-4-2-5-9-13/h2-5,7-9,14H,6,10-12H2,1H3,(H,17,19)/b7-3-/t14-/m0/s1. The van der Waals surface area contributed by atoms with Gasteiger partial charge in [-0.3, -0.25) is 4.79 Å². The van der Waals surface area contributed by atoms with E-state index in [0.29, 0.717) is 19.4 Å². The quantitative estimate of drug-likeness (QED) is 0.806. The van der Waals surface area contributed by atoms with Crippen LogP contribution in [0.3, 0.4) is 0 Å². The zero-order valence-corrected chi connectivity index (χ0v) is 12.1. The van der Waals surface area contributed by atoms with Crippen LogP contribution in [0.4, 0.5) is 4.79 Å². The second-order valence-electron chi connectivity index (χ2n) is 5.00. The van der Waals surface area contributed by atoms with Crippen molar-refractivity contribution in [3.8, 4) is 0 Å². The van der Waals surface area contributed by atoms with E-state index in [0.717, 1.165) is 5.56 Å². The number of carbonyl (C=O) groups excluding carboxylic acids is 2. The number of hydrogen-bond donors (Lipinski definition) is 1. The van der Waals surface area contributed by atoms with Crippen LogP contribution in [0.15, 0.2) is 42.5 Å². The summed E-state index contributed by atoms with van der Waals surface area (Å²) in [5, 5.41) is 2.92. The van der Waals surface area contributed by atoms with Crippen LogP contribution in [0.2, 0.25) is 0 Å². The second kappa shape index (κ2) is 7.47. The predicted octanol–water partition coefficient (Wildman–Crippen LogP) is 2.26. The summed E-state index contributed by atoms with van der Waals surface area (Å²) in [5.74, 6) is -0.0431. The Kier molecular flexibility index (Phi) is 5.37. The lowest BCUT2D eigenvalue weighted by Gasteiger charge is -2.22. The zero-order valence-electron chi connectivity index (χ0n) is 12.1. The van der Waals surface area contributed by atoms with Crippen molar-refractivity contribution < 1.29 is 14.3 Å². The van der Waals surface area contributed by atoms with Gasteiger partial charge in [-0.05, 0) is 12.0 Å². The molecule has 0 bridgehead atoms. The number of hydrogen-bond acceptors (Lipinski definition) is 3. The average Bonchev–Trinajstić information content (AvgIpc) is 2.50. The Balaban J connectivity index is 2.13. The summed E-state index contributed by atoms with van der Waals surface area (Å²) in [6.45, 7) is 0.610. The number of amides is 2. The topological polar surface area (TPSA) is 58.6 Å². The van der Waals surface area contributed by atoms with Crippen molar-refractivity contribution in [3.63, 3.8) is 0 Å². The molecule has 1 aliphatic rings. The van der Waals surface area contributed by atoms with Gasteiger partial charge in [0.25, 0.3) is 0 Å². The lowest BCUT2D eigenvalue weighted by atomic mass is 10.1. The molecule has 0 aliphatic carbocycles. The highest BCUT2D eigenvalue weighted by molar-refractivity contribution is 5.76. The van der Waals surface area contributed by atoms with Crippen molar-refractivity contribution in [1.29, 1.82) is 0 Å². The molecule has 2 rings (SSSR count). The molecule has 0 unspecified atom stereocenters. The number of cyclic esters (lactones) is 1. The third kappa shape index (κ3) is 4.63. The van der Waals surface area contributed by atoms with Crippen molar-refractivity contribution in [2.45, 2.75) is 18.9 Å². The maximum atomic E-state index is 11.9. The first-order valence-electron chi connectivity index (χ1n) is 7.04. The highest BCUT2D eigenvalue weighted by atomic mass is 16.6. The first-order chi connectivity index (χ1) is 10.2. The molecular weight excluding hydrogens is 268 g/mol. The molecule has 1 aromatic rings. The smallest absolute Gasteiger partial charge is 0.409 e. The molecule has 5 nitrogen and oxygen atoms in total. The van der Waals surface area contributed by atoms with Gasteiger partial charge in [-0.2, -0.15) is 0 Å². The van der Waals surface area contributed by atoms with Crippen LogP contribution in [0.1, 0.15) is 24.4 Å². The Morgan fingerprint density at radius 2 is 1.95 bits per heavy atom. The molecular formula is C16H20N2O3. The van der Waals surface area contributed by atoms with Gasteiger partial charge in [0.1, 0.15) is 6.61 Å². The van der Waals surface area contributed by atoms with Crippen LogP contribution >= 0.6 is 0 Å². The highest BCUT2D eigenvalue weighted by Gasteiger charge is 2.18. The predicted molar refractivity (Wildman–Crippen MR) is 79.7 cm³/mol. The van der Waals surface area contributed by atoms with Gasteiger partial charge in [-0.25, -0.2) is 4.79 Å². The van der Waals surface area contributed by atoms with Gasteiger partial charge in [0.05, 0.1) is 6.04 Å². The number of ether oxygens (including phenoxy) is 1. The van der Waals surface area contributed by atoms with Crippen LogP contribution in [0, 0.1) is 0 Å². The van der Waals surface area contributed by atoms with Crippen molar-refractivity contribution in [2.24, 2.45) is 0 Å². The van der Waals surface area contributed by atoms with Gasteiger partial charge in [-0.15, -0.1) is 0 Å². The summed E-state index contributed by atoms with van der Waals surface area (Å²) < 4.78 is 5.28. The minimum absolute atomic E-state index is 0.0431. The molecule has 0 spiro atoms. The van der Waals surface area contributed by atoms with Crippen molar-refractivity contribution in [2.75, 3.05) is 20.2 Å². The monoisotopic (exact) mass is 288 g/mol. The zero-order chi connectivity index (χ0) is 15.1. The Morgan fingerprint density at radius 1 is 1.19 bits per heavy atom. The largest absolute Gasteiger partial charge is 0.447 e. The first kappa shape index (κ1) is 15.1. The number of carbonyl (C=O) groups is 2. The fourth-order valence-electron chi connectivity index (χ4n) is 2.08. The Hall–Kier alpha value is -2.30. The fourth-order valence-corrected chi connectivity index (χ4v) is 2.08. The van der Waals surface area contributed by atoms with E-state index in [9.17, 15) is 9.59 Å². The van der Waals surface area contributed by atoms with E-state index in [1.54, 1.807) is 7.05 Å². The number of likely N-dealkylation sites (N-methyl/N-ethyl adjacent to an activating group) is 1. The van der Waals surface area contributed by atoms with E-state index in [1.165, 1.54) is 4.90 Å². The number of nitrogens with zero attached hydrogens (tertiary/aromatic N) is 1. The number of nitrogens with one attached hydrogen (secondary N) is 1. The highest BCUT2D eigenvalue weighted by Crippen LogP contribution is 2.14. The van der Waals surface area contributed by atoms with E-state index in [4.69, 9.17) is 4.74 Å². The minimum atomic E-state index is -0.393. The molecule has 0 radical (unpaired) electrons. The van der Waals surface area contributed by atoms with Crippen molar-refractivity contribution >= 4 is 12.0 Å². The molecule has 2 amide bonds. The fraction of sp³-hybridized carbons (Fsp3) is 0.375. The molecule has 1 aliphatic heterocycles. The number of rotatable bonds is 1. The van der Waals surface area contributed by atoms with Gasteiger partial charge in [0, 0.05) is 20.0 Å². The van der Waals surface area contributed by atoms with E-state index < -0.39 is 6.09 Å². The van der Waals surface area contributed by atoms with Crippen LogP contribution in [-0.2, 0) is 9.53 Å². The third-order valence-corrected chi connectivity index (χ3v) is 3.31. The van der Waals surface area contributed by atoms with Gasteiger partial charge in [0.2, 0.25) is 5.91 Å². The summed E-state index contributed by atoms with van der Waals surface area (Å²) >= 11 is 0. The molecule has 0 saturated heterocycles.